The summed E-state index contributed by atoms with van der Waals surface area (Å²) in [6.45, 7) is 1.66. The number of nitrogens with zero attached hydrogens (tertiary/aromatic N) is 2. The SMILES string of the molecule is O=C(NCc1nc2ccccc2n1CCCOc1ccc2ccccc2c1)c1ccc(Cl)cc1. The van der Waals surface area contributed by atoms with Crippen LogP contribution in [-0.2, 0) is 13.1 Å². The van der Waals surface area contributed by atoms with Crippen LogP contribution in [0, 0.1) is 0 Å². The van der Waals surface area contributed by atoms with Gasteiger partial charge in [0.15, 0.2) is 0 Å². The van der Waals surface area contributed by atoms with Gasteiger partial charge in [-0.3, -0.25) is 4.79 Å². The zero-order valence-electron chi connectivity index (χ0n) is 18.6. The first-order valence-electron chi connectivity index (χ1n) is 11.3. The number of hydrogen-bond acceptors (Lipinski definition) is 3. The third kappa shape index (κ3) is 4.90. The molecule has 0 fully saturated rings. The van der Waals surface area contributed by atoms with Crippen molar-refractivity contribution < 1.29 is 9.53 Å². The Morgan fingerprint density at radius 3 is 2.53 bits per heavy atom. The van der Waals surface area contributed by atoms with Crippen molar-refractivity contribution in [3.8, 4) is 5.75 Å². The van der Waals surface area contributed by atoms with Crippen molar-refractivity contribution in [2.75, 3.05) is 6.61 Å². The van der Waals surface area contributed by atoms with Gasteiger partial charge in [0, 0.05) is 17.1 Å². The highest BCUT2D eigenvalue weighted by atomic mass is 35.5. The molecule has 0 spiro atoms. The van der Waals surface area contributed by atoms with Gasteiger partial charge in [0.1, 0.15) is 11.6 Å². The number of carbonyl (C=O) groups excluding carboxylic acids is 1. The first kappa shape index (κ1) is 22.0. The quantitative estimate of drug-likeness (QED) is 0.273. The van der Waals surface area contributed by atoms with Gasteiger partial charge in [-0.25, -0.2) is 4.98 Å². The van der Waals surface area contributed by atoms with Crippen molar-refractivity contribution in [2.45, 2.75) is 19.5 Å². The van der Waals surface area contributed by atoms with Crippen molar-refractivity contribution in [3.05, 3.63) is 107 Å². The standard InChI is InChI=1S/C28H24ClN3O2/c29-23-13-10-21(11-14-23)28(33)30-19-27-31-25-8-3-4-9-26(25)32(27)16-5-17-34-24-15-12-20-6-1-2-7-22(20)18-24/h1-4,6-15,18H,5,16-17,19H2,(H,30,33). The van der Waals surface area contributed by atoms with Crippen molar-refractivity contribution >= 4 is 39.3 Å². The van der Waals surface area contributed by atoms with Crippen LogP contribution in [0.25, 0.3) is 21.8 Å². The van der Waals surface area contributed by atoms with E-state index in [1.807, 2.05) is 36.4 Å². The average molecular weight is 470 g/mol. The highest BCUT2D eigenvalue weighted by molar-refractivity contribution is 6.30. The highest BCUT2D eigenvalue weighted by Gasteiger charge is 2.12. The molecule has 0 aliphatic carbocycles. The summed E-state index contributed by atoms with van der Waals surface area (Å²) in [6, 6.07) is 29.3. The molecule has 34 heavy (non-hydrogen) atoms. The lowest BCUT2D eigenvalue weighted by molar-refractivity contribution is 0.0949. The summed E-state index contributed by atoms with van der Waals surface area (Å²) in [4.78, 5) is 17.3. The lowest BCUT2D eigenvalue weighted by atomic mass is 10.1. The van der Waals surface area contributed by atoms with Crippen molar-refractivity contribution in [3.63, 3.8) is 0 Å². The average Bonchev–Trinajstić information content (AvgIpc) is 3.23. The summed E-state index contributed by atoms with van der Waals surface area (Å²) in [5.41, 5.74) is 2.52. The predicted octanol–water partition coefficient (Wildman–Crippen LogP) is 6.24. The molecule has 0 atom stereocenters. The molecule has 170 valence electrons. The summed E-state index contributed by atoms with van der Waals surface area (Å²) < 4.78 is 8.17. The summed E-state index contributed by atoms with van der Waals surface area (Å²) in [5.74, 6) is 1.52. The topological polar surface area (TPSA) is 56.2 Å². The number of halogens is 1. The number of aromatic nitrogens is 2. The van der Waals surface area contributed by atoms with Gasteiger partial charge in [0.25, 0.3) is 5.91 Å². The maximum absolute atomic E-state index is 12.6. The molecular weight excluding hydrogens is 446 g/mol. The molecule has 1 heterocycles. The van der Waals surface area contributed by atoms with E-state index in [9.17, 15) is 4.79 Å². The van der Waals surface area contributed by atoms with E-state index in [0.29, 0.717) is 23.7 Å². The van der Waals surface area contributed by atoms with Crippen LogP contribution in [0.2, 0.25) is 5.02 Å². The number of imidazole rings is 1. The van der Waals surface area contributed by atoms with E-state index in [1.165, 1.54) is 10.8 Å². The van der Waals surface area contributed by atoms with Crippen LogP contribution in [0.4, 0.5) is 0 Å². The van der Waals surface area contributed by atoms with Crippen molar-refractivity contribution in [1.29, 1.82) is 0 Å². The molecule has 0 saturated carbocycles. The molecule has 0 aliphatic heterocycles. The second-order valence-electron chi connectivity index (χ2n) is 8.07. The minimum atomic E-state index is -0.157. The zero-order valence-corrected chi connectivity index (χ0v) is 19.3. The second kappa shape index (κ2) is 9.98. The number of hydrogen-bond donors (Lipinski definition) is 1. The summed E-state index contributed by atoms with van der Waals surface area (Å²) in [6.07, 6.45) is 0.811. The monoisotopic (exact) mass is 469 g/mol. The fourth-order valence-corrected chi connectivity index (χ4v) is 4.17. The molecule has 0 bridgehead atoms. The Morgan fingerprint density at radius 2 is 1.68 bits per heavy atom. The van der Waals surface area contributed by atoms with Gasteiger partial charge in [0.05, 0.1) is 24.2 Å². The van der Waals surface area contributed by atoms with Gasteiger partial charge in [-0.15, -0.1) is 0 Å². The van der Waals surface area contributed by atoms with Crippen LogP contribution in [0.15, 0.2) is 91.0 Å². The zero-order chi connectivity index (χ0) is 23.3. The maximum Gasteiger partial charge on any atom is 0.251 e. The summed E-state index contributed by atoms with van der Waals surface area (Å²) >= 11 is 5.93. The molecule has 1 aromatic heterocycles. The third-order valence-corrected chi connectivity index (χ3v) is 6.01. The smallest absolute Gasteiger partial charge is 0.251 e. The number of fused-ring (bicyclic) bond motifs is 2. The molecule has 1 amide bonds. The lowest BCUT2D eigenvalue weighted by Crippen LogP contribution is -2.25. The highest BCUT2D eigenvalue weighted by Crippen LogP contribution is 2.21. The van der Waals surface area contributed by atoms with Crippen LogP contribution >= 0.6 is 11.6 Å². The molecule has 4 aromatic carbocycles. The van der Waals surface area contributed by atoms with Crippen LogP contribution < -0.4 is 10.1 Å². The van der Waals surface area contributed by atoms with Crippen molar-refractivity contribution in [1.82, 2.24) is 14.9 Å². The van der Waals surface area contributed by atoms with Gasteiger partial charge in [-0.05, 0) is 65.7 Å². The van der Waals surface area contributed by atoms with E-state index < -0.39 is 0 Å². The Labute approximate surface area is 203 Å². The van der Waals surface area contributed by atoms with E-state index in [0.717, 1.165) is 35.6 Å². The van der Waals surface area contributed by atoms with Crippen molar-refractivity contribution in [2.24, 2.45) is 0 Å². The number of amides is 1. The van der Waals surface area contributed by atoms with Gasteiger partial charge >= 0.3 is 0 Å². The molecule has 0 saturated heterocycles. The minimum Gasteiger partial charge on any atom is -0.494 e. The number of para-hydroxylation sites is 2. The first-order chi connectivity index (χ1) is 16.7. The number of carbonyl (C=O) groups is 1. The van der Waals surface area contributed by atoms with Gasteiger partial charge in [0.2, 0.25) is 0 Å². The third-order valence-electron chi connectivity index (χ3n) is 5.76. The normalized spacial score (nSPS) is 11.1. The largest absolute Gasteiger partial charge is 0.494 e. The number of aryl methyl sites for hydroxylation is 1. The van der Waals surface area contributed by atoms with E-state index in [4.69, 9.17) is 21.3 Å². The number of benzene rings is 4. The number of nitrogens with one attached hydrogen (secondary N) is 1. The molecule has 5 rings (SSSR count). The Morgan fingerprint density at radius 1 is 0.912 bits per heavy atom. The molecule has 0 radical (unpaired) electrons. The fourth-order valence-electron chi connectivity index (χ4n) is 4.04. The molecule has 6 heteroatoms. The Kier molecular flexibility index (Phi) is 6.45. The lowest BCUT2D eigenvalue weighted by Gasteiger charge is -2.12. The molecule has 1 N–H and O–H groups in total. The predicted molar refractivity (Wildman–Crippen MR) is 136 cm³/mol. The van der Waals surface area contributed by atoms with Crippen LogP contribution in [0.3, 0.4) is 0 Å². The maximum atomic E-state index is 12.6. The van der Waals surface area contributed by atoms with E-state index in [2.05, 4.69) is 40.2 Å². The molecule has 0 aliphatic rings. The molecule has 0 unspecified atom stereocenters. The number of rotatable bonds is 8. The summed E-state index contributed by atoms with van der Waals surface area (Å²) in [7, 11) is 0. The molecule has 5 nitrogen and oxygen atoms in total. The minimum absolute atomic E-state index is 0.157. The molecule has 5 aromatic rings. The molecular formula is C28H24ClN3O2. The van der Waals surface area contributed by atoms with Crippen LogP contribution in [-0.4, -0.2) is 22.1 Å². The Hall–Kier alpha value is -3.83. The van der Waals surface area contributed by atoms with Gasteiger partial charge < -0.3 is 14.6 Å². The van der Waals surface area contributed by atoms with E-state index in [1.54, 1.807) is 24.3 Å². The number of ether oxygens (including phenoxy) is 1. The fraction of sp³-hybridized carbons (Fsp3) is 0.143. The van der Waals surface area contributed by atoms with Gasteiger partial charge in [-0.1, -0.05) is 54.1 Å². The Bertz CT molecular complexity index is 1440. The first-order valence-corrected chi connectivity index (χ1v) is 11.6. The van der Waals surface area contributed by atoms with E-state index >= 15 is 0 Å². The van der Waals surface area contributed by atoms with Crippen LogP contribution in [0.5, 0.6) is 5.75 Å². The van der Waals surface area contributed by atoms with Crippen LogP contribution in [0.1, 0.15) is 22.6 Å². The van der Waals surface area contributed by atoms with Gasteiger partial charge in [-0.2, -0.15) is 0 Å². The van der Waals surface area contributed by atoms with E-state index in [-0.39, 0.29) is 5.91 Å². The second-order valence-corrected chi connectivity index (χ2v) is 8.51. The Balaban J connectivity index is 1.25. The summed E-state index contributed by atoms with van der Waals surface area (Å²) in [5, 5.41) is 5.94.